The van der Waals surface area contributed by atoms with E-state index >= 15 is 0 Å². The summed E-state index contributed by atoms with van der Waals surface area (Å²) in [6, 6.07) is 19.7. The fourth-order valence-corrected chi connectivity index (χ4v) is 5.22. The molecule has 1 N–H and O–H groups in total. The van der Waals surface area contributed by atoms with Gasteiger partial charge in [0.15, 0.2) is 0 Å². The van der Waals surface area contributed by atoms with E-state index in [0.717, 1.165) is 21.0 Å². The number of carbonyl (C=O) groups is 2. The molecule has 9 heteroatoms. The van der Waals surface area contributed by atoms with Crippen molar-refractivity contribution >= 4 is 27.5 Å². The molecule has 37 heavy (non-hydrogen) atoms. The van der Waals surface area contributed by atoms with Gasteiger partial charge in [-0.1, -0.05) is 53.6 Å². The Labute approximate surface area is 218 Å². The number of anilines is 1. The Kier molecular flexibility index (Phi) is 8.94. The highest BCUT2D eigenvalue weighted by Gasteiger charge is 2.32. The van der Waals surface area contributed by atoms with E-state index in [1.165, 1.54) is 31.2 Å². The van der Waals surface area contributed by atoms with Crippen molar-refractivity contribution in [3.63, 3.8) is 0 Å². The number of amides is 2. The third-order valence-electron chi connectivity index (χ3n) is 6.12. The van der Waals surface area contributed by atoms with Gasteiger partial charge >= 0.3 is 0 Å². The summed E-state index contributed by atoms with van der Waals surface area (Å²) in [4.78, 5) is 27.7. The molecule has 1 atom stereocenters. The molecule has 0 aromatic heterocycles. The molecule has 2 amide bonds. The average molecular weight is 524 g/mol. The van der Waals surface area contributed by atoms with Gasteiger partial charge in [0.05, 0.1) is 17.7 Å². The first-order valence-corrected chi connectivity index (χ1v) is 13.3. The molecule has 8 nitrogen and oxygen atoms in total. The van der Waals surface area contributed by atoms with Crippen LogP contribution >= 0.6 is 0 Å². The quantitative estimate of drug-likeness (QED) is 0.438. The molecular weight excluding hydrogens is 490 g/mol. The van der Waals surface area contributed by atoms with Crippen LogP contribution in [0.1, 0.15) is 23.6 Å². The number of aryl methyl sites for hydroxylation is 2. The Morgan fingerprint density at radius 3 is 2.11 bits per heavy atom. The van der Waals surface area contributed by atoms with Crippen molar-refractivity contribution in [2.24, 2.45) is 0 Å². The van der Waals surface area contributed by atoms with Gasteiger partial charge in [0, 0.05) is 19.7 Å². The summed E-state index contributed by atoms with van der Waals surface area (Å²) in [5.41, 5.74) is 3.07. The molecule has 0 aliphatic heterocycles. The smallest absolute Gasteiger partial charge is 0.264 e. The lowest BCUT2D eigenvalue weighted by Gasteiger charge is -2.32. The lowest BCUT2D eigenvalue weighted by Crippen LogP contribution is -2.50. The zero-order valence-electron chi connectivity index (χ0n) is 21.8. The highest BCUT2D eigenvalue weighted by molar-refractivity contribution is 7.92. The number of hydrogen-bond acceptors (Lipinski definition) is 5. The van der Waals surface area contributed by atoms with Crippen LogP contribution in [0.25, 0.3) is 0 Å². The van der Waals surface area contributed by atoms with Crippen molar-refractivity contribution in [1.29, 1.82) is 0 Å². The summed E-state index contributed by atoms with van der Waals surface area (Å²) in [6.07, 6.45) is 0. The molecule has 196 valence electrons. The summed E-state index contributed by atoms with van der Waals surface area (Å²) in [5, 5.41) is 2.58. The minimum Gasteiger partial charge on any atom is -0.497 e. The number of sulfonamides is 1. The second-order valence-corrected chi connectivity index (χ2v) is 10.7. The number of methoxy groups -OCH3 is 1. The lowest BCUT2D eigenvalue weighted by atomic mass is 10.1. The molecule has 0 heterocycles. The first-order valence-electron chi connectivity index (χ1n) is 11.9. The minimum atomic E-state index is -4.12. The van der Waals surface area contributed by atoms with Crippen molar-refractivity contribution in [3.8, 4) is 5.75 Å². The number of rotatable bonds is 10. The Morgan fingerprint density at radius 2 is 1.54 bits per heavy atom. The van der Waals surface area contributed by atoms with Crippen molar-refractivity contribution < 1.29 is 22.7 Å². The lowest BCUT2D eigenvalue weighted by molar-refractivity contribution is -0.139. The Bertz CT molecular complexity index is 1340. The van der Waals surface area contributed by atoms with E-state index in [1.54, 1.807) is 43.3 Å². The van der Waals surface area contributed by atoms with Gasteiger partial charge in [0.1, 0.15) is 18.3 Å². The van der Waals surface area contributed by atoms with Crippen LogP contribution < -0.4 is 14.4 Å². The number of hydrogen-bond donors (Lipinski definition) is 1. The van der Waals surface area contributed by atoms with Crippen LogP contribution in [-0.2, 0) is 26.2 Å². The van der Waals surface area contributed by atoms with E-state index in [0.29, 0.717) is 5.75 Å². The highest BCUT2D eigenvalue weighted by atomic mass is 32.2. The second-order valence-electron chi connectivity index (χ2n) is 8.82. The third kappa shape index (κ3) is 6.68. The molecule has 3 rings (SSSR count). The summed E-state index contributed by atoms with van der Waals surface area (Å²) >= 11 is 0. The predicted octanol–water partition coefficient (Wildman–Crippen LogP) is 3.67. The van der Waals surface area contributed by atoms with Gasteiger partial charge < -0.3 is 15.0 Å². The number of carbonyl (C=O) groups excluding carboxylic acids is 2. The van der Waals surface area contributed by atoms with Gasteiger partial charge in [-0.3, -0.25) is 13.9 Å². The number of benzene rings is 3. The number of nitrogens with zero attached hydrogens (tertiary/aromatic N) is 2. The fourth-order valence-electron chi connectivity index (χ4n) is 3.81. The number of nitrogens with one attached hydrogen (secondary N) is 1. The molecule has 0 fully saturated rings. The molecule has 0 aliphatic rings. The van der Waals surface area contributed by atoms with Crippen molar-refractivity contribution in [2.45, 2.75) is 38.3 Å². The predicted molar refractivity (Wildman–Crippen MR) is 144 cm³/mol. The monoisotopic (exact) mass is 523 g/mol. The standard InChI is InChI=1S/C28H33N3O5S/c1-20-9-13-23(14-10-20)18-30(22(3)28(33)29-4)27(32)19-31(24-7-6-8-25(17-24)36-5)37(34,35)26-15-11-21(2)12-16-26/h6-17,22H,18-19H2,1-5H3,(H,29,33)/t22-/m1/s1. The Balaban J connectivity index is 2.04. The summed E-state index contributed by atoms with van der Waals surface area (Å²) in [6.45, 7) is 5.08. The van der Waals surface area contributed by atoms with Crippen molar-refractivity contribution in [1.82, 2.24) is 10.2 Å². The highest BCUT2D eigenvalue weighted by Crippen LogP contribution is 2.28. The maximum absolute atomic E-state index is 13.8. The molecule has 0 saturated heterocycles. The number of likely N-dealkylation sites (N-methyl/N-ethyl adjacent to an activating group) is 1. The Morgan fingerprint density at radius 1 is 0.946 bits per heavy atom. The molecule has 3 aromatic carbocycles. The third-order valence-corrected chi connectivity index (χ3v) is 7.90. The van der Waals surface area contributed by atoms with E-state index in [9.17, 15) is 18.0 Å². The minimum absolute atomic E-state index is 0.0538. The van der Waals surface area contributed by atoms with E-state index in [1.807, 2.05) is 38.1 Å². The normalized spacial score (nSPS) is 11.9. The van der Waals surface area contributed by atoms with Crippen molar-refractivity contribution in [2.75, 3.05) is 25.0 Å². The molecule has 0 spiro atoms. The van der Waals surface area contributed by atoms with Gasteiger partial charge in [-0.05, 0) is 50.6 Å². The molecule has 0 aliphatic carbocycles. The van der Waals surface area contributed by atoms with E-state index < -0.39 is 28.5 Å². The van der Waals surface area contributed by atoms with Gasteiger partial charge in [-0.15, -0.1) is 0 Å². The SMILES string of the molecule is CNC(=O)[C@@H](C)N(Cc1ccc(C)cc1)C(=O)CN(c1cccc(OC)c1)S(=O)(=O)c1ccc(C)cc1. The van der Waals surface area contributed by atoms with Gasteiger partial charge in [-0.2, -0.15) is 0 Å². The largest absolute Gasteiger partial charge is 0.497 e. The molecular formula is C28H33N3O5S. The topological polar surface area (TPSA) is 96.0 Å². The molecule has 0 bridgehead atoms. The van der Waals surface area contributed by atoms with Crippen LogP contribution in [0, 0.1) is 13.8 Å². The van der Waals surface area contributed by atoms with Gasteiger partial charge in [-0.25, -0.2) is 8.42 Å². The van der Waals surface area contributed by atoms with Crippen LogP contribution in [0.15, 0.2) is 77.7 Å². The molecule has 3 aromatic rings. The van der Waals surface area contributed by atoms with Crippen LogP contribution in [0.5, 0.6) is 5.75 Å². The number of ether oxygens (including phenoxy) is 1. The first-order chi connectivity index (χ1) is 17.6. The fraction of sp³-hybridized carbons (Fsp3) is 0.286. The van der Waals surface area contributed by atoms with Crippen LogP contribution in [-0.4, -0.2) is 51.9 Å². The summed E-state index contributed by atoms with van der Waals surface area (Å²) in [5.74, 6) is -0.422. The van der Waals surface area contributed by atoms with Crippen LogP contribution in [0.3, 0.4) is 0 Å². The molecule has 0 radical (unpaired) electrons. The van der Waals surface area contributed by atoms with Crippen molar-refractivity contribution in [3.05, 3.63) is 89.5 Å². The Hall–Kier alpha value is -3.85. The molecule has 0 saturated carbocycles. The second kappa shape index (κ2) is 11.9. The average Bonchev–Trinajstić information content (AvgIpc) is 2.90. The summed E-state index contributed by atoms with van der Waals surface area (Å²) in [7, 11) is -1.14. The van der Waals surface area contributed by atoms with E-state index in [4.69, 9.17) is 4.74 Å². The van der Waals surface area contributed by atoms with Crippen LogP contribution in [0.4, 0.5) is 5.69 Å². The maximum atomic E-state index is 13.8. The van der Waals surface area contributed by atoms with Gasteiger partial charge in [0.2, 0.25) is 11.8 Å². The first kappa shape index (κ1) is 27.7. The van der Waals surface area contributed by atoms with E-state index in [2.05, 4.69) is 5.32 Å². The maximum Gasteiger partial charge on any atom is 0.264 e. The van der Waals surface area contributed by atoms with Gasteiger partial charge in [0.25, 0.3) is 10.0 Å². The zero-order chi connectivity index (χ0) is 27.2. The zero-order valence-corrected chi connectivity index (χ0v) is 22.6. The molecule has 0 unspecified atom stereocenters. The van der Waals surface area contributed by atoms with Crippen LogP contribution in [0.2, 0.25) is 0 Å². The van der Waals surface area contributed by atoms with E-state index in [-0.39, 0.29) is 23.0 Å². The summed E-state index contributed by atoms with van der Waals surface area (Å²) < 4.78 is 33.9.